The normalized spacial score (nSPS) is 18.9. The number of carbonyl (C=O) groups is 1. The van der Waals surface area contributed by atoms with E-state index in [4.69, 9.17) is 5.73 Å². The minimum atomic E-state index is -0.00704. The Morgan fingerprint density at radius 1 is 1.36 bits per heavy atom. The topological polar surface area (TPSA) is 43.1 Å². The van der Waals surface area contributed by atoms with Crippen LogP contribution in [0.15, 0.2) is 35.1 Å². The Balaban J connectivity index is 3.19. The van der Waals surface area contributed by atoms with Crippen LogP contribution in [0.3, 0.4) is 0 Å². The fourth-order valence-corrected chi connectivity index (χ4v) is 0.964. The number of ketones is 1. The van der Waals surface area contributed by atoms with Gasteiger partial charge < -0.3 is 5.73 Å². The molecule has 0 aromatic heterocycles. The highest BCUT2D eigenvalue weighted by atomic mass is 16.1. The Morgan fingerprint density at radius 3 is 2.45 bits per heavy atom. The second kappa shape index (κ2) is 2.38. The molecule has 0 aliphatic heterocycles. The summed E-state index contributed by atoms with van der Waals surface area (Å²) in [6, 6.07) is 0. The van der Waals surface area contributed by atoms with Crippen molar-refractivity contribution >= 4 is 5.78 Å². The van der Waals surface area contributed by atoms with Gasteiger partial charge in [-0.05, 0) is 30.6 Å². The van der Waals surface area contributed by atoms with Crippen LogP contribution in [0, 0.1) is 0 Å². The molecular formula is C9H11NO. The fraction of sp³-hybridized carbons (Fsp3) is 0.222. The van der Waals surface area contributed by atoms with Crippen molar-refractivity contribution in [2.75, 3.05) is 0 Å². The number of hydrogen-bond donors (Lipinski definition) is 1. The van der Waals surface area contributed by atoms with Crippen LogP contribution in [-0.4, -0.2) is 5.78 Å². The summed E-state index contributed by atoms with van der Waals surface area (Å²) < 4.78 is 0. The molecule has 0 fully saturated rings. The van der Waals surface area contributed by atoms with E-state index in [9.17, 15) is 4.79 Å². The average molecular weight is 149 g/mol. The van der Waals surface area contributed by atoms with Crippen LogP contribution in [0.5, 0.6) is 0 Å². The van der Waals surface area contributed by atoms with E-state index in [0.717, 1.165) is 16.7 Å². The van der Waals surface area contributed by atoms with E-state index in [1.54, 1.807) is 6.92 Å². The number of rotatable bonds is 0. The number of nitrogens with two attached hydrogens (primary N) is 1. The van der Waals surface area contributed by atoms with E-state index in [-0.39, 0.29) is 5.78 Å². The van der Waals surface area contributed by atoms with Gasteiger partial charge in [0.1, 0.15) is 0 Å². The van der Waals surface area contributed by atoms with Crippen molar-refractivity contribution < 1.29 is 4.79 Å². The van der Waals surface area contributed by atoms with Gasteiger partial charge in [0, 0.05) is 11.8 Å². The summed E-state index contributed by atoms with van der Waals surface area (Å²) in [4.78, 5) is 11.1. The minimum absolute atomic E-state index is 0.00704. The Hall–Kier alpha value is -1.31. The van der Waals surface area contributed by atoms with E-state index in [1.807, 2.05) is 6.92 Å². The van der Waals surface area contributed by atoms with Crippen LogP contribution in [0.25, 0.3) is 0 Å². The summed E-state index contributed by atoms with van der Waals surface area (Å²) in [5, 5.41) is 0. The molecule has 1 aliphatic carbocycles. The molecule has 0 aromatic carbocycles. The lowest BCUT2D eigenvalue weighted by Crippen LogP contribution is -2.13. The van der Waals surface area contributed by atoms with Gasteiger partial charge in [-0.25, -0.2) is 0 Å². The smallest absolute Gasteiger partial charge is 0.183 e. The van der Waals surface area contributed by atoms with Crippen molar-refractivity contribution in [2.24, 2.45) is 5.73 Å². The van der Waals surface area contributed by atoms with E-state index in [1.165, 1.54) is 6.08 Å². The molecule has 1 rings (SSSR count). The Kier molecular flexibility index (Phi) is 1.69. The van der Waals surface area contributed by atoms with E-state index in [2.05, 4.69) is 6.58 Å². The summed E-state index contributed by atoms with van der Waals surface area (Å²) in [6.07, 6.45) is 1.42. The second-order valence-corrected chi connectivity index (χ2v) is 2.69. The van der Waals surface area contributed by atoms with Crippen molar-refractivity contribution in [1.82, 2.24) is 0 Å². The maximum absolute atomic E-state index is 11.1. The number of hydrogen-bond acceptors (Lipinski definition) is 2. The summed E-state index contributed by atoms with van der Waals surface area (Å²) in [6.45, 7) is 7.40. The van der Waals surface area contributed by atoms with E-state index in [0.29, 0.717) is 5.70 Å². The van der Waals surface area contributed by atoms with E-state index >= 15 is 0 Å². The van der Waals surface area contributed by atoms with Crippen molar-refractivity contribution in [1.29, 1.82) is 0 Å². The summed E-state index contributed by atoms with van der Waals surface area (Å²) in [7, 11) is 0. The SMILES string of the molecule is C=C1C(N)=CC(=O)C(C)=C1C. The van der Waals surface area contributed by atoms with Crippen LogP contribution < -0.4 is 5.73 Å². The van der Waals surface area contributed by atoms with Gasteiger partial charge in [-0.15, -0.1) is 0 Å². The van der Waals surface area contributed by atoms with Crippen molar-refractivity contribution in [3.8, 4) is 0 Å². The number of carbonyl (C=O) groups excluding carboxylic acids is 1. The second-order valence-electron chi connectivity index (χ2n) is 2.69. The third kappa shape index (κ3) is 1.11. The molecule has 0 spiro atoms. The maximum Gasteiger partial charge on any atom is 0.183 e. The molecule has 2 heteroatoms. The molecule has 0 aromatic rings. The van der Waals surface area contributed by atoms with Gasteiger partial charge >= 0.3 is 0 Å². The first-order valence-electron chi connectivity index (χ1n) is 3.42. The van der Waals surface area contributed by atoms with E-state index < -0.39 is 0 Å². The quantitative estimate of drug-likeness (QED) is 0.564. The summed E-state index contributed by atoms with van der Waals surface area (Å²) in [5.41, 5.74) is 8.42. The minimum Gasteiger partial charge on any atom is -0.398 e. The molecule has 0 amide bonds. The zero-order valence-corrected chi connectivity index (χ0v) is 6.77. The third-order valence-electron chi connectivity index (χ3n) is 2.02. The van der Waals surface area contributed by atoms with Gasteiger partial charge in [-0.2, -0.15) is 0 Å². The van der Waals surface area contributed by atoms with Crippen LogP contribution in [-0.2, 0) is 4.79 Å². The van der Waals surface area contributed by atoms with Gasteiger partial charge in [0.2, 0.25) is 0 Å². The molecule has 58 valence electrons. The maximum atomic E-state index is 11.1. The molecule has 1 aliphatic rings. The first-order chi connectivity index (χ1) is 5.04. The van der Waals surface area contributed by atoms with Crippen molar-refractivity contribution in [3.63, 3.8) is 0 Å². The predicted molar refractivity (Wildman–Crippen MR) is 44.8 cm³/mol. The Morgan fingerprint density at radius 2 is 1.91 bits per heavy atom. The van der Waals surface area contributed by atoms with Crippen molar-refractivity contribution in [2.45, 2.75) is 13.8 Å². The zero-order chi connectivity index (χ0) is 8.59. The highest BCUT2D eigenvalue weighted by molar-refractivity contribution is 6.07. The average Bonchev–Trinajstić information content (AvgIpc) is 1.97. The largest absolute Gasteiger partial charge is 0.398 e. The van der Waals surface area contributed by atoms with Gasteiger partial charge in [-0.3, -0.25) is 4.79 Å². The third-order valence-corrected chi connectivity index (χ3v) is 2.02. The molecule has 0 atom stereocenters. The van der Waals surface area contributed by atoms with Crippen LogP contribution >= 0.6 is 0 Å². The van der Waals surface area contributed by atoms with Crippen molar-refractivity contribution in [3.05, 3.63) is 35.1 Å². The molecule has 0 saturated carbocycles. The van der Waals surface area contributed by atoms with Gasteiger partial charge in [-0.1, -0.05) is 6.58 Å². The molecule has 0 bridgehead atoms. The first-order valence-corrected chi connectivity index (χ1v) is 3.42. The summed E-state index contributed by atoms with van der Waals surface area (Å²) >= 11 is 0. The Labute approximate surface area is 66.1 Å². The first kappa shape index (κ1) is 7.79. The lowest BCUT2D eigenvalue weighted by atomic mass is 9.93. The van der Waals surface area contributed by atoms with Gasteiger partial charge in [0.25, 0.3) is 0 Å². The fourth-order valence-electron chi connectivity index (χ4n) is 0.964. The Bertz CT molecular complexity index is 295. The zero-order valence-electron chi connectivity index (χ0n) is 6.77. The molecule has 0 heterocycles. The monoisotopic (exact) mass is 149 g/mol. The molecule has 0 unspecified atom stereocenters. The molecule has 0 radical (unpaired) electrons. The summed E-state index contributed by atoms with van der Waals surface area (Å²) in [5.74, 6) is -0.00704. The highest BCUT2D eigenvalue weighted by Gasteiger charge is 2.15. The predicted octanol–water partition coefficient (Wildman–Crippen LogP) is 1.30. The molecule has 11 heavy (non-hydrogen) atoms. The number of allylic oxidation sites excluding steroid dienone is 3. The molecular weight excluding hydrogens is 138 g/mol. The van der Waals surface area contributed by atoms with Crippen LogP contribution in [0.1, 0.15) is 13.8 Å². The highest BCUT2D eigenvalue weighted by Crippen LogP contribution is 2.22. The molecule has 2 nitrogen and oxygen atoms in total. The lowest BCUT2D eigenvalue weighted by molar-refractivity contribution is -0.111. The van der Waals surface area contributed by atoms with Crippen LogP contribution in [0.2, 0.25) is 0 Å². The van der Waals surface area contributed by atoms with Gasteiger partial charge in [0.15, 0.2) is 5.78 Å². The standard InChI is InChI=1S/C9H11NO/c1-5-6(2)8(10)4-9(11)7(5)3/h4H,2,10H2,1,3H3. The molecule has 2 N–H and O–H groups in total. The van der Waals surface area contributed by atoms with Gasteiger partial charge in [0.05, 0.1) is 0 Å². The molecule has 0 saturated heterocycles. The lowest BCUT2D eigenvalue weighted by Gasteiger charge is -2.14. The van der Waals surface area contributed by atoms with Crippen LogP contribution in [0.4, 0.5) is 0 Å².